The van der Waals surface area contributed by atoms with Crippen molar-refractivity contribution in [3.63, 3.8) is 0 Å². The molecule has 0 unspecified atom stereocenters. The van der Waals surface area contributed by atoms with Crippen molar-refractivity contribution in [3.05, 3.63) is 35.4 Å². The Hall–Kier alpha value is -2.41. The lowest BCUT2D eigenvalue weighted by Gasteiger charge is -2.31. The van der Waals surface area contributed by atoms with Gasteiger partial charge < -0.3 is 14.6 Å². The van der Waals surface area contributed by atoms with Gasteiger partial charge in [0.1, 0.15) is 17.2 Å². The molecular weight excluding hydrogens is 362 g/mol. The highest BCUT2D eigenvalue weighted by Gasteiger charge is 2.37. The number of aliphatic hydroxyl groups is 1. The van der Waals surface area contributed by atoms with Crippen molar-refractivity contribution in [1.82, 2.24) is 4.90 Å². The van der Waals surface area contributed by atoms with Crippen molar-refractivity contribution in [2.45, 2.75) is 78.7 Å². The standard InChI is InChI=1S/C21H31NO6/c1-14(17(24)12-15-8-10-16(13-23)11-9-15)22(18(25)27-20(2,3)4)19(26)28-21(5,6)7/h8-11,14,23H,12-13H2,1-7H3/t14-/m0/s1. The average Bonchev–Trinajstić information content (AvgIpc) is 2.52. The van der Waals surface area contributed by atoms with Crippen LogP contribution in [0.25, 0.3) is 0 Å². The Bertz CT molecular complexity index is 669. The van der Waals surface area contributed by atoms with E-state index in [2.05, 4.69) is 0 Å². The van der Waals surface area contributed by atoms with Crippen LogP contribution in [0.15, 0.2) is 24.3 Å². The van der Waals surface area contributed by atoms with E-state index in [0.717, 1.165) is 10.5 Å². The van der Waals surface area contributed by atoms with Crippen LogP contribution in [0.5, 0.6) is 0 Å². The molecule has 0 bridgehead atoms. The monoisotopic (exact) mass is 393 g/mol. The number of rotatable bonds is 5. The number of aliphatic hydroxyl groups excluding tert-OH is 1. The molecule has 0 saturated carbocycles. The molecule has 7 heteroatoms. The van der Waals surface area contributed by atoms with Gasteiger partial charge in [0, 0.05) is 6.42 Å². The van der Waals surface area contributed by atoms with Crippen molar-refractivity contribution < 1.29 is 29.0 Å². The largest absolute Gasteiger partial charge is 0.443 e. The number of nitrogens with zero attached hydrogens (tertiary/aromatic N) is 1. The minimum atomic E-state index is -1.07. The molecule has 0 saturated heterocycles. The summed E-state index contributed by atoms with van der Waals surface area (Å²) in [6, 6.07) is 5.81. The van der Waals surface area contributed by atoms with Crippen LogP contribution in [0.1, 0.15) is 59.6 Å². The second-order valence-corrected chi connectivity index (χ2v) is 8.62. The molecule has 0 fully saturated rings. The minimum Gasteiger partial charge on any atom is -0.443 e. The number of hydrogen-bond donors (Lipinski definition) is 1. The number of benzene rings is 1. The van der Waals surface area contributed by atoms with Gasteiger partial charge in [-0.3, -0.25) is 4.79 Å². The van der Waals surface area contributed by atoms with Crippen LogP contribution in [0.3, 0.4) is 0 Å². The van der Waals surface area contributed by atoms with Gasteiger partial charge in [0.25, 0.3) is 0 Å². The number of imide groups is 1. The molecule has 0 spiro atoms. The minimum absolute atomic E-state index is 0.0228. The van der Waals surface area contributed by atoms with E-state index in [1.54, 1.807) is 65.8 Å². The van der Waals surface area contributed by atoms with Crippen LogP contribution >= 0.6 is 0 Å². The Morgan fingerprint density at radius 2 is 1.29 bits per heavy atom. The van der Waals surface area contributed by atoms with E-state index in [9.17, 15) is 14.4 Å². The Balaban J connectivity index is 3.03. The Morgan fingerprint density at radius 3 is 1.64 bits per heavy atom. The highest BCUT2D eigenvalue weighted by Crippen LogP contribution is 2.18. The molecule has 156 valence electrons. The van der Waals surface area contributed by atoms with Gasteiger partial charge in [0.2, 0.25) is 0 Å². The number of ether oxygens (including phenoxy) is 2. The maximum atomic E-state index is 12.7. The zero-order valence-electron chi connectivity index (χ0n) is 17.7. The first-order valence-corrected chi connectivity index (χ1v) is 9.20. The third kappa shape index (κ3) is 7.68. The predicted octanol–water partition coefficient (Wildman–Crippen LogP) is 3.85. The van der Waals surface area contributed by atoms with Gasteiger partial charge in [-0.25, -0.2) is 14.5 Å². The number of carbonyl (C=O) groups is 3. The lowest BCUT2D eigenvalue weighted by atomic mass is 10.0. The van der Waals surface area contributed by atoms with E-state index in [0.29, 0.717) is 5.56 Å². The number of hydrogen-bond acceptors (Lipinski definition) is 6. The maximum Gasteiger partial charge on any atom is 0.420 e. The first-order valence-electron chi connectivity index (χ1n) is 9.20. The van der Waals surface area contributed by atoms with Gasteiger partial charge in [-0.2, -0.15) is 0 Å². The maximum absolute atomic E-state index is 12.7. The summed E-state index contributed by atoms with van der Waals surface area (Å²) in [5, 5.41) is 9.10. The van der Waals surface area contributed by atoms with Crippen LogP contribution < -0.4 is 0 Å². The molecule has 28 heavy (non-hydrogen) atoms. The second kappa shape index (κ2) is 9.19. The van der Waals surface area contributed by atoms with Crippen LogP contribution in [-0.4, -0.2) is 45.2 Å². The normalized spacial score (nSPS) is 12.9. The van der Waals surface area contributed by atoms with E-state index in [-0.39, 0.29) is 18.8 Å². The van der Waals surface area contributed by atoms with Gasteiger partial charge in [0.15, 0.2) is 5.78 Å². The summed E-state index contributed by atoms with van der Waals surface area (Å²) < 4.78 is 10.6. The number of carbonyl (C=O) groups excluding carboxylic acids is 3. The molecule has 0 aliphatic carbocycles. The van der Waals surface area contributed by atoms with Crippen molar-refractivity contribution in [2.24, 2.45) is 0 Å². The van der Waals surface area contributed by atoms with Crippen LogP contribution in [-0.2, 0) is 27.3 Å². The van der Waals surface area contributed by atoms with Crippen LogP contribution in [0.4, 0.5) is 9.59 Å². The molecule has 0 heterocycles. The van der Waals surface area contributed by atoms with Crippen LogP contribution in [0.2, 0.25) is 0 Å². The lowest BCUT2D eigenvalue weighted by Crippen LogP contribution is -2.51. The molecule has 1 rings (SSSR count). The lowest BCUT2D eigenvalue weighted by molar-refractivity contribution is -0.123. The highest BCUT2D eigenvalue weighted by atomic mass is 16.6. The first kappa shape index (κ1) is 23.6. The van der Waals surface area contributed by atoms with Gasteiger partial charge in [-0.05, 0) is 59.6 Å². The molecule has 1 atom stereocenters. The van der Waals surface area contributed by atoms with E-state index < -0.39 is 29.4 Å². The Kier molecular flexibility index (Phi) is 7.75. The first-order chi connectivity index (χ1) is 12.7. The zero-order chi connectivity index (χ0) is 21.7. The van der Waals surface area contributed by atoms with E-state index in [1.807, 2.05) is 0 Å². The van der Waals surface area contributed by atoms with E-state index in [1.165, 1.54) is 6.92 Å². The SMILES string of the molecule is C[C@@H](C(=O)Cc1ccc(CO)cc1)N(C(=O)OC(C)(C)C)C(=O)OC(C)(C)C. The Morgan fingerprint density at radius 1 is 0.893 bits per heavy atom. The summed E-state index contributed by atoms with van der Waals surface area (Å²) in [4.78, 5) is 38.6. The van der Waals surface area contributed by atoms with Gasteiger partial charge in [-0.1, -0.05) is 24.3 Å². The quantitative estimate of drug-likeness (QED) is 0.817. The fourth-order valence-corrected chi connectivity index (χ4v) is 2.27. The molecule has 7 nitrogen and oxygen atoms in total. The van der Waals surface area contributed by atoms with Gasteiger partial charge in [-0.15, -0.1) is 0 Å². The smallest absolute Gasteiger partial charge is 0.420 e. The molecular formula is C21H31NO6. The second-order valence-electron chi connectivity index (χ2n) is 8.62. The van der Waals surface area contributed by atoms with Crippen molar-refractivity contribution in [2.75, 3.05) is 0 Å². The van der Waals surface area contributed by atoms with Crippen LogP contribution in [0, 0.1) is 0 Å². The molecule has 0 radical (unpaired) electrons. The fraction of sp³-hybridized carbons (Fsp3) is 0.571. The highest BCUT2D eigenvalue weighted by molar-refractivity contribution is 5.96. The summed E-state index contributed by atoms with van der Waals surface area (Å²) in [5.74, 6) is -0.339. The molecule has 0 aromatic heterocycles. The van der Waals surface area contributed by atoms with Crippen molar-refractivity contribution in [3.8, 4) is 0 Å². The molecule has 0 aliphatic rings. The van der Waals surface area contributed by atoms with Crippen molar-refractivity contribution in [1.29, 1.82) is 0 Å². The average molecular weight is 393 g/mol. The summed E-state index contributed by atoms with van der Waals surface area (Å²) in [5.41, 5.74) is -0.226. The number of amides is 2. The summed E-state index contributed by atoms with van der Waals surface area (Å²) >= 11 is 0. The zero-order valence-corrected chi connectivity index (χ0v) is 17.7. The van der Waals surface area contributed by atoms with Gasteiger partial charge >= 0.3 is 12.2 Å². The molecule has 1 aromatic carbocycles. The van der Waals surface area contributed by atoms with Gasteiger partial charge in [0.05, 0.1) is 6.61 Å². The summed E-state index contributed by atoms with van der Waals surface area (Å²) in [6.45, 7) is 11.4. The summed E-state index contributed by atoms with van der Waals surface area (Å²) in [6.07, 6.45) is -1.84. The third-order valence-corrected chi connectivity index (χ3v) is 3.62. The van der Waals surface area contributed by atoms with E-state index in [4.69, 9.17) is 14.6 Å². The number of Topliss-reactive ketones (excluding diaryl/α,β-unsaturated/α-hetero) is 1. The van der Waals surface area contributed by atoms with E-state index >= 15 is 0 Å². The summed E-state index contributed by atoms with van der Waals surface area (Å²) in [7, 11) is 0. The van der Waals surface area contributed by atoms with Crippen molar-refractivity contribution >= 4 is 18.0 Å². The molecule has 1 aromatic rings. The molecule has 2 amide bonds. The molecule has 1 N–H and O–H groups in total. The Labute approximate surface area is 166 Å². The fourth-order valence-electron chi connectivity index (χ4n) is 2.27. The topological polar surface area (TPSA) is 93.1 Å². The third-order valence-electron chi connectivity index (χ3n) is 3.62. The predicted molar refractivity (Wildman–Crippen MR) is 105 cm³/mol. The number of ketones is 1. The molecule has 0 aliphatic heterocycles.